The molecular formula is C15H16O3. The first-order chi connectivity index (χ1) is 8.65. The number of hydrogen-bond donors (Lipinski definition) is 0. The first-order valence-corrected chi connectivity index (χ1v) is 5.91. The van der Waals surface area contributed by atoms with Crippen molar-refractivity contribution in [2.45, 2.75) is 13.8 Å². The first-order valence-electron chi connectivity index (χ1n) is 5.91. The molecule has 94 valence electrons. The van der Waals surface area contributed by atoms with Crippen LogP contribution in [0.15, 0.2) is 30.3 Å². The highest BCUT2D eigenvalue weighted by Crippen LogP contribution is 2.28. The molecule has 2 rings (SSSR count). The summed E-state index contributed by atoms with van der Waals surface area (Å²) in [6.07, 6.45) is 0. The third-order valence-electron chi connectivity index (χ3n) is 2.80. The van der Waals surface area contributed by atoms with Crippen LogP contribution >= 0.6 is 0 Å². The normalized spacial score (nSPS) is 10.4. The zero-order valence-corrected chi connectivity index (χ0v) is 10.8. The van der Waals surface area contributed by atoms with Crippen molar-refractivity contribution in [3.63, 3.8) is 0 Å². The first kappa shape index (κ1) is 12.4. The van der Waals surface area contributed by atoms with E-state index in [-0.39, 0.29) is 5.97 Å². The van der Waals surface area contributed by atoms with Gasteiger partial charge in [-0.15, -0.1) is 0 Å². The Morgan fingerprint density at radius 1 is 1.22 bits per heavy atom. The lowest BCUT2D eigenvalue weighted by Gasteiger charge is -2.09. The lowest BCUT2D eigenvalue weighted by atomic mass is 10.0. The van der Waals surface area contributed by atoms with E-state index in [4.69, 9.17) is 9.47 Å². The second-order valence-corrected chi connectivity index (χ2v) is 4.12. The molecule has 0 unspecified atom stereocenters. The molecule has 0 radical (unpaired) electrons. The molecule has 3 heteroatoms. The average Bonchev–Trinajstić information content (AvgIpc) is 2.37. The number of hydrogen-bond acceptors (Lipinski definition) is 3. The summed E-state index contributed by atoms with van der Waals surface area (Å²) in [4.78, 5) is 11.8. The van der Waals surface area contributed by atoms with Crippen molar-refractivity contribution in [3.05, 3.63) is 41.5 Å². The third-order valence-corrected chi connectivity index (χ3v) is 2.80. The molecule has 0 saturated heterocycles. The van der Waals surface area contributed by atoms with Crippen LogP contribution in [0.1, 0.15) is 22.8 Å². The molecule has 0 aromatic heterocycles. The van der Waals surface area contributed by atoms with Crippen LogP contribution in [-0.2, 0) is 4.74 Å². The largest absolute Gasteiger partial charge is 0.496 e. The molecule has 0 amide bonds. The van der Waals surface area contributed by atoms with E-state index in [1.54, 1.807) is 20.1 Å². The van der Waals surface area contributed by atoms with Gasteiger partial charge in [-0.1, -0.05) is 23.8 Å². The number of ether oxygens (including phenoxy) is 2. The van der Waals surface area contributed by atoms with Gasteiger partial charge in [-0.05, 0) is 31.4 Å². The second-order valence-electron chi connectivity index (χ2n) is 4.12. The minimum Gasteiger partial charge on any atom is -0.496 e. The van der Waals surface area contributed by atoms with Crippen LogP contribution in [0.4, 0.5) is 0 Å². The van der Waals surface area contributed by atoms with Crippen LogP contribution in [0, 0.1) is 6.92 Å². The topological polar surface area (TPSA) is 35.5 Å². The maximum Gasteiger partial charge on any atom is 0.338 e. The molecule has 0 spiro atoms. The Balaban J connectivity index is 2.60. The van der Waals surface area contributed by atoms with Crippen molar-refractivity contribution in [3.8, 4) is 5.75 Å². The van der Waals surface area contributed by atoms with Crippen LogP contribution < -0.4 is 4.74 Å². The number of rotatable bonds is 3. The van der Waals surface area contributed by atoms with Crippen molar-refractivity contribution in [1.29, 1.82) is 0 Å². The molecule has 0 N–H and O–H groups in total. The summed E-state index contributed by atoms with van der Waals surface area (Å²) in [5, 5.41) is 1.98. The van der Waals surface area contributed by atoms with Gasteiger partial charge in [-0.3, -0.25) is 0 Å². The van der Waals surface area contributed by atoms with Gasteiger partial charge in [0, 0.05) is 5.39 Å². The fourth-order valence-electron chi connectivity index (χ4n) is 1.96. The quantitative estimate of drug-likeness (QED) is 0.777. The molecule has 18 heavy (non-hydrogen) atoms. The zero-order chi connectivity index (χ0) is 13.1. The maximum atomic E-state index is 11.8. The van der Waals surface area contributed by atoms with Gasteiger partial charge in [-0.25, -0.2) is 4.79 Å². The fourth-order valence-corrected chi connectivity index (χ4v) is 1.96. The van der Waals surface area contributed by atoms with Crippen molar-refractivity contribution < 1.29 is 14.3 Å². The van der Waals surface area contributed by atoms with E-state index >= 15 is 0 Å². The molecule has 3 nitrogen and oxygen atoms in total. The summed E-state index contributed by atoms with van der Waals surface area (Å²) >= 11 is 0. The molecule has 2 aromatic rings. The number of benzene rings is 2. The summed E-state index contributed by atoms with van der Waals surface area (Å²) in [6, 6.07) is 9.60. The summed E-state index contributed by atoms with van der Waals surface area (Å²) in [5.41, 5.74) is 1.66. The molecule has 0 aliphatic heterocycles. The molecule has 0 fully saturated rings. The van der Waals surface area contributed by atoms with Crippen molar-refractivity contribution in [2.24, 2.45) is 0 Å². The number of fused-ring (bicyclic) bond motifs is 1. The summed E-state index contributed by atoms with van der Waals surface area (Å²) < 4.78 is 10.3. The monoisotopic (exact) mass is 244 g/mol. The van der Waals surface area contributed by atoms with Gasteiger partial charge in [0.25, 0.3) is 0 Å². The van der Waals surface area contributed by atoms with Crippen LogP contribution in [0.3, 0.4) is 0 Å². The van der Waals surface area contributed by atoms with Gasteiger partial charge in [-0.2, -0.15) is 0 Å². The Kier molecular flexibility index (Phi) is 3.51. The fraction of sp³-hybridized carbons (Fsp3) is 0.267. The molecule has 0 aliphatic rings. The van der Waals surface area contributed by atoms with Gasteiger partial charge >= 0.3 is 5.97 Å². The van der Waals surface area contributed by atoms with E-state index in [9.17, 15) is 4.79 Å². The SMILES string of the molecule is CCOC(=O)c1cc(OC)c2ccc(C)cc2c1. The summed E-state index contributed by atoms with van der Waals surface area (Å²) in [6.45, 7) is 4.18. The standard InChI is InChI=1S/C15H16O3/c1-4-18-15(16)12-8-11-7-10(2)5-6-13(11)14(9-12)17-3/h5-9H,4H2,1-3H3. The Bertz CT molecular complexity index is 588. The van der Waals surface area contributed by atoms with E-state index in [1.807, 2.05) is 31.2 Å². The lowest BCUT2D eigenvalue weighted by Crippen LogP contribution is -2.05. The number of carbonyl (C=O) groups excluding carboxylic acids is 1. The molecular weight excluding hydrogens is 228 g/mol. The minimum atomic E-state index is -0.320. The Labute approximate surface area is 106 Å². The number of aryl methyl sites for hydroxylation is 1. The van der Waals surface area contributed by atoms with Gasteiger partial charge in [0.2, 0.25) is 0 Å². The second kappa shape index (κ2) is 5.08. The number of carbonyl (C=O) groups is 1. The van der Waals surface area contributed by atoms with Crippen LogP contribution in [0.5, 0.6) is 5.75 Å². The van der Waals surface area contributed by atoms with E-state index in [1.165, 1.54) is 0 Å². The molecule has 0 atom stereocenters. The zero-order valence-electron chi connectivity index (χ0n) is 10.8. The Hall–Kier alpha value is -2.03. The predicted molar refractivity (Wildman–Crippen MR) is 71.2 cm³/mol. The third kappa shape index (κ3) is 2.30. The molecule has 0 aliphatic carbocycles. The van der Waals surface area contributed by atoms with Gasteiger partial charge in [0.1, 0.15) is 5.75 Å². The molecule has 0 bridgehead atoms. The van der Waals surface area contributed by atoms with E-state index < -0.39 is 0 Å². The van der Waals surface area contributed by atoms with Crippen LogP contribution in [-0.4, -0.2) is 19.7 Å². The number of esters is 1. The lowest BCUT2D eigenvalue weighted by molar-refractivity contribution is 0.0526. The van der Waals surface area contributed by atoms with Gasteiger partial charge in [0.05, 0.1) is 19.3 Å². The molecule has 0 saturated carbocycles. The van der Waals surface area contributed by atoms with Crippen molar-refractivity contribution in [2.75, 3.05) is 13.7 Å². The maximum absolute atomic E-state index is 11.8. The van der Waals surface area contributed by atoms with Crippen LogP contribution in [0.2, 0.25) is 0 Å². The Morgan fingerprint density at radius 3 is 2.67 bits per heavy atom. The van der Waals surface area contributed by atoms with Crippen molar-refractivity contribution >= 4 is 16.7 Å². The van der Waals surface area contributed by atoms with Crippen LogP contribution in [0.25, 0.3) is 10.8 Å². The molecule has 2 aromatic carbocycles. The summed E-state index contributed by atoms with van der Waals surface area (Å²) in [5.74, 6) is 0.370. The van der Waals surface area contributed by atoms with Crippen molar-refractivity contribution in [1.82, 2.24) is 0 Å². The minimum absolute atomic E-state index is 0.320. The van der Waals surface area contributed by atoms with Gasteiger partial charge in [0.15, 0.2) is 0 Å². The highest BCUT2D eigenvalue weighted by molar-refractivity contribution is 5.98. The van der Waals surface area contributed by atoms with E-state index in [0.29, 0.717) is 17.9 Å². The highest BCUT2D eigenvalue weighted by Gasteiger charge is 2.11. The highest BCUT2D eigenvalue weighted by atomic mass is 16.5. The average molecular weight is 244 g/mol. The molecule has 0 heterocycles. The smallest absolute Gasteiger partial charge is 0.338 e. The van der Waals surface area contributed by atoms with E-state index in [0.717, 1.165) is 16.3 Å². The van der Waals surface area contributed by atoms with Gasteiger partial charge < -0.3 is 9.47 Å². The predicted octanol–water partition coefficient (Wildman–Crippen LogP) is 3.33. The summed E-state index contributed by atoms with van der Waals surface area (Å²) in [7, 11) is 1.60. The number of methoxy groups -OCH3 is 1. The Morgan fingerprint density at radius 2 is 2.00 bits per heavy atom. The van der Waals surface area contributed by atoms with E-state index in [2.05, 4.69) is 0 Å².